The predicted molar refractivity (Wildman–Crippen MR) is 104 cm³/mol. The number of fused-ring (bicyclic) bond motifs is 1. The monoisotopic (exact) mass is 400 g/mol. The number of carboxylic acid groups (broad SMARTS) is 1. The second-order valence-corrected chi connectivity index (χ2v) is 6.47. The molecule has 2 aromatic carbocycles. The lowest BCUT2D eigenvalue weighted by Crippen LogP contribution is -2.38. The third-order valence-electron chi connectivity index (χ3n) is 4.08. The first-order valence-corrected chi connectivity index (χ1v) is 8.77. The molecule has 1 heterocycles. The zero-order valence-electron chi connectivity index (χ0n) is 14.8. The summed E-state index contributed by atoms with van der Waals surface area (Å²) in [6, 6.07) is 13.3. The molecule has 1 unspecified atom stereocenters. The van der Waals surface area contributed by atoms with Crippen molar-refractivity contribution in [1.82, 2.24) is 10.3 Å². The maximum Gasteiger partial charge on any atom is 0.325 e. The minimum atomic E-state index is -1.21. The van der Waals surface area contributed by atoms with Crippen LogP contribution in [0.2, 0.25) is 5.15 Å². The summed E-state index contributed by atoms with van der Waals surface area (Å²) in [5.74, 6) is -1.98. The van der Waals surface area contributed by atoms with E-state index in [4.69, 9.17) is 21.4 Å². The third-order valence-corrected chi connectivity index (χ3v) is 4.37. The molecule has 0 aliphatic heterocycles. The lowest BCUT2D eigenvalue weighted by molar-refractivity contribution is -0.138. The molecule has 8 heteroatoms. The van der Waals surface area contributed by atoms with Crippen molar-refractivity contribution in [3.63, 3.8) is 0 Å². The van der Waals surface area contributed by atoms with E-state index in [0.717, 1.165) is 5.56 Å². The van der Waals surface area contributed by atoms with Crippen LogP contribution in [-0.2, 0) is 11.4 Å². The molecule has 144 valence electrons. The Kier molecular flexibility index (Phi) is 5.65. The van der Waals surface area contributed by atoms with E-state index in [0.29, 0.717) is 17.7 Å². The van der Waals surface area contributed by atoms with Gasteiger partial charge in [0, 0.05) is 10.8 Å². The molecule has 0 radical (unpaired) electrons. The second kappa shape index (κ2) is 8.14. The van der Waals surface area contributed by atoms with E-state index in [2.05, 4.69) is 10.3 Å². The van der Waals surface area contributed by atoms with Crippen molar-refractivity contribution in [2.45, 2.75) is 19.6 Å². The van der Waals surface area contributed by atoms with Crippen LogP contribution in [0.15, 0.2) is 48.5 Å². The molecule has 1 aromatic heterocycles. The van der Waals surface area contributed by atoms with E-state index in [-0.39, 0.29) is 16.2 Å². The van der Waals surface area contributed by atoms with Crippen molar-refractivity contribution in [3.8, 4) is 11.5 Å². The van der Waals surface area contributed by atoms with Crippen LogP contribution in [-0.4, -0.2) is 33.1 Å². The largest absolute Gasteiger partial charge is 0.505 e. The number of aliphatic carboxylic acids is 1. The maximum absolute atomic E-state index is 12.3. The number of hydrogen-bond acceptors (Lipinski definition) is 5. The Morgan fingerprint density at radius 1 is 1.18 bits per heavy atom. The van der Waals surface area contributed by atoms with Gasteiger partial charge in [-0.15, -0.1) is 0 Å². The van der Waals surface area contributed by atoms with E-state index in [1.807, 2.05) is 30.3 Å². The minimum absolute atomic E-state index is 0.00976. The summed E-state index contributed by atoms with van der Waals surface area (Å²) < 4.78 is 5.74. The summed E-state index contributed by atoms with van der Waals surface area (Å²) in [4.78, 5) is 27.1. The molecule has 7 nitrogen and oxygen atoms in total. The number of carbonyl (C=O) groups is 2. The molecule has 1 amide bonds. The summed E-state index contributed by atoms with van der Waals surface area (Å²) in [5.41, 5.74) is 0.619. The SMILES string of the molecule is CC(NC(=O)c1nc(Cl)c2ccc(OCc3ccccc3)cc2c1O)C(=O)O. The quantitative estimate of drug-likeness (QED) is 0.547. The molecule has 0 bridgehead atoms. The minimum Gasteiger partial charge on any atom is -0.505 e. The summed E-state index contributed by atoms with van der Waals surface area (Å²) >= 11 is 6.14. The average Bonchev–Trinajstić information content (AvgIpc) is 2.69. The number of nitrogens with zero attached hydrogens (tertiary/aromatic N) is 1. The van der Waals surface area contributed by atoms with Crippen LogP contribution in [0, 0.1) is 0 Å². The maximum atomic E-state index is 12.3. The van der Waals surface area contributed by atoms with Gasteiger partial charge in [-0.25, -0.2) is 4.98 Å². The van der Waals surface area contributed by atoms with E-state index < -0.39 is 23.7 Å². The molecule has 0 saturated heterocycles. The summed E-state index contributed by atoms with van der Waals surface area (Å²) in [6.07, 6.45) is 0. The van der Waals surface area contributed by atoms with Crippen molar-refractivity contribution >= 4 is 34.2 Å². The zero-order chi connectivity index (χ0) is 20.3. The second-order valence-electron chi connectivity index (χ2n) is 6.11. The number of ether oxygens (including phenoxy) is 1. The highest BCUT2D eigenvalue weighted by molar-refractivity contribution is 6.35. The van der Waals surface area contributed by atoms with Gasteiger partial charge in [0.25, 0.3) is 5.91 Å². The number of aromatic nitrogens is 1. The van der Waals surface area contributed by atoms with Crippen LogP contribution < -0.4 is 10.1 Å². The van der Waals surface area contributed by atoms with Crippen molar-refractivity contribution in [2.24, 2.45) is 0 Å². The number of carbonyl (C=O) groups excluding carboxylic acids is 1. The Balaban J connectivity index is 1.92. The third kappa shape index (κ3) is 4.15. The van der Waals surface area contributed by atoms with Gasteiger partial charge in [-0.1, -0.05) is 41.9 Å². The number of halogens is 1. The highest BCUT2D eigenvalue weighted by Gasteiger charge is 2.22. The number of benzene rings is 2. The molecule has 0 aliphatic carbocycles. The van der Waals surface area contributed by atoms with Crippen molar-refractivity contribution in [3.05, 3.63) is 64.9 Å². The fourth-order valence-electron chi connectivity index (χ4n) is 2.55. The molecule has 0 spiro atoms. The fraction of sp³-hybridized carbons (Fsp3) is 0.150. The Labute approximate surface area is 165 Å². The van der Waals surface area contributed by atoms with Gasteiger partial charge in [0.15, 0.2) is 11.4 Å². The number of carboxylic acids is 1. The first-order valence-electron chi connectivity index (χ1n) is 8.39. The number of pyridine rings is 1. The number of rotatable bonds is 6. The van der Waals surface area contributed by atoms with Gasteiger partial charge < -0.3 is 20.3 Å². The van der Waals surface area contributed by atoms with E-state index in [9.17, 15) is 14.7 Å². The van der Waals surface area contributed by atoms with Gasteiger partial charge in [0.2, 0.25) is 0 Å². The Bertz CT molecular complexity index is 1040. The van der Waals surface area contributed by atoms with Gasteiger partial charge in [0.05, 0.1) is 0 Å². The van der Waals surface area contributed by atoms with Crippen LogP contribution in [0.3, 0.4) is 0 Å². The Morgan fingerprint density at radius 2 is 1.89 bits per heavy atom. The number of aromatic hydroxyl groups is 1. The zero-order valence-corrected chi connectivity index (χ0v) is 15.6. The topological polar surface area (TPSA) is 109 Å². The summed E-state index contributed by atoms with van der Waals surface area (Å²) in [6.45, 7) is 1.63. The number of amides is 1. The molecule has 0 aliphatic rings. The van der Waals surface area contributed by atoms with Gasteiger partial charge in [0.1, 0.15) is 23.6 Å². The smallest absolute Gasteiger partial charge is 0.325 e. The first-order chi connectivity index (χ1) is 13.4. The standard InChI is InChI=1S/C20H17ClN2O5/c1-11(20(26)27)22-19(25)16-17(24)15-9-13(7-8-14(15)18(21)23-16)28-10-12-5-3-2-4-6-12/h2-9,11,24H,10H2,1H3,(H,22,25)(H,26,27). The summed E-state index contributed by atoms with van der Waals surface area (Å²) in [7, 11) is 0. The van der Waals surface area contributed by atoms with E-state index in [1.54, 1.807) is 18.2 Å². The predicted octanol–water partition coefficient (Wildman–Crippen LogP) is 3.38. The number of hydrogen-bond donors (Lipinski definition) is 3. The van der Waals surface area contributed by atoms with Gasteiger partial charge in [-0.2, -0.15) is 0 Å². The van der Waals surface area contributed by atoms with Gasteiger partial charge in [-0.05, 0) is 30.7 Å². The van der Waals surface area contributed by atoms with Crippen molar-refractivity contribution < 1.29 is 24.5 Å². The van der Waals surface area contributed by atoms with E-state index in [1.165, 1.54) is 6.92 Å². The van der Waals surface area contributed by atoms with Crippen LogP contribution in [0.25, 0.3) is 10.8 Å². The molecule has 3 N–H and O–H groups in total. The molecule has 1 atom stereocenters. The molecule has 3 aromatic rings. The van der Waals surface area contributed by atoms with Crippen molar-refractivity contribution in [2.75, 3.05) is 0 Å². The lowest BCUT2D eigenvalue weighted by atomic mass is 10.1. The fourth-order valence-corrected chi connectivity index (χ4v) is 2.80. The molecule has 28 heavy (non-hydrogen) atoms. The van der Waals surface area contributed by atoms with Crippen molar-refractivity contribution in [1.29, 1.82) is 0 Å². The highest BCUT2D eigenvalue weighted by atomic mass is 35.5. The number of nitrogens with one attached hydrogen (secondary N) is 1. The molecule has 0 saturated carbocycles. The lowest BCUT2D eigenvalue weighted by Gasteiger charge is -2.13. The van der Waals surface area contributed by atoms with E-state index >= 15 is 0 Å². The van der Waals surface area contributed by atoms with Crippen LogP contribution in [0.4, 0.5) is 0 Å². The summed E-state index contributed by atoms with van der Waals surface area (Å²) in [5, 5.41) is 22.4. The van der Waals surface area contributed by atoms with Crippen LogP contribution in [0.1, 0.15) is 23.0 Å². The Morgan fingerprint density at radius 3 is 2.57 bits per heavy atom. The van der Waals surface area contributed by atoms with Crippen LogP contribution in [0.5, 0.6) is 11.5 Å². The molecular weight excluding hydrogens is 384 g/mol. The molecule has 0 fully saturated rings. The first kappa shape index (κ1) is 19.4. The van der Waals surface area contributed by atoms with Gasteiger partial charge in [-0.3, -0.25) is 9.59 Å². The normalized spacial score (nSPS) is 11.8. The average molecular weight is 401 g/mol. The molecule has 3 rings (SSSR count). The molecular formula is C20H17ClN2O5. The van der Waals surface area contributed by atoms with Gasteiger partial charge >= 0.3 is 5.97 Å². The highest BCUT2D eigenvalue weighted by Crippen LogP contribution is 2.34. The Hall–Kier alpha value is -3.32. The van der Waals surface area contributed by atoms with Crippen LogP contribution >= 0.6 is 11.6 Å².